The molecule has 0 aliphatic carbocycles. The van der Waals surface area contributed by atoms with Gasteiger partial charge in [-0.3, -0.25) is 9.89 Å². The van der Waals surface area contributed by atoms with Crippen LogP contribution in [0.4, 0.5) is 5.69 Å². The highest BCUT2D eigenvalue weighted by Gasteiger charge is 2.22. The Kier molecular flexibility index (Phi) is 4.84. The SMILES string of the molecule is O=C(CSc1ncn[nH]1)N1CCN(c2ccccc2Cl)CC1. The highest BCUT2D eigenvalue weighted by molar-refractivity contribution is 7.99. The molecule has 3 rings (SSSR count). The molecule has 0 atom stereocenters. The minimum Gasteiger partial charge on any atom is -0.367 e. The quantitative estimate of drug-likeness (QED) is 0.863. The van der Waals surface area contributed by atoms with Gasteiger partial charge in [-0.1, -0.05) is 35.5 Å². The first-order valence-corrected chi connectivity index (χ1v) is 8.36. The van der Waals surface area contributed by atoms with E-state index in [-0.39, 0.29) is 5.91 Å². The Balaban J connectivity index is 1.51. The number of benzene rings is 1. The fourth-order valence-electron chi connectivity index (χ4n) is 2.39. The van der Waals surface area contributed by atoms with E-state index in [0.717, 1.165) is 23.8 Å². The second-order valence-corrected chi connectivity index (χ2v) is 6.27. The number of carbonyl (C=O) groups excluding carboxylic acids is 1. The predicted octanol–water partition coefficient (Wildman–Crippen LogP) is 1.90. The van der Waals surface area contributed by atoms with Crippen LogP contribution in [0.15, 0.2) is 35.7 Å². The average molecular weight is 338 g/mol. The summed E-state index contributed by atoms with van der Waals surface area (Å²) in [5.41, 5.74) is 1.03. The van der Waals surface area contributed by atoms with Crippen LogP contribution in [-0.4, -0.2) is 57.9 Å². The van der Waals surface area contributed by atoms with E-state index >= 15 is 0 Å². The molecule has 1 saturated heterocycles. The summed E-state index contributed by atoms with van der Waals surface area (Å²) in [5.74, 6) is 0.501. The molecular weight excluding hydrogens is 322 g/mol. The Hall–Kier alpha value is -1.73. The van der Waals surface area contributed by atoms with E-state index in [1.165, 1.54) is 18.1 Å². The first-order valence-electron chi connectivity index (χ1n) is 6.99. The van der Waals surface area contributed by atoms with Crippen molar-refractivity contribution in [2.75, 3.05) is 36.8 Å². The second kappa shape index (κ2) is 7.02. The summed E-state index contributed by atoms with van der Waals surface area (Å²) in [6.07, 6.45) is 1.44. The number of aromatic nitrogens is 3. The van der Waals surface area contributed by atoms with Crippen LogP contribution in [0.3, 0.4) is 0 Å². The van der Waals surface area contributed by atoms with Crippen molar-refractivity contribution in [3.63, 3.8) is 0 Å². The van der Waals surface area contributed by atoms with Gasteiger partial charge in [-0.2, -0.15) is 5.10 Å². The third-order valence-electron chi connectivity index (χ3n) is 3.55. The van der Waals surface area contributed by atoms with Gasteiger partial charge in [0.1, 0.15) is 6.33 Å². The number of piperazine rings is 1. The van der Waals surface area contributed by atoms with Crippen LogP contribution in [0.25, 0.3) is 0 Å². The van der Waals surface area contributed by atoms with Gasteiger partial charge in [0.05, 0.1) is 16.5 Å². The molecule has 0 spiro atoms. The summed E-state index contributed by atoms with van der Waals surface area (Å²) >= 11 is 7.59. The van der Waals surface area contributed by atoms with Crippen LogP contribution in [0.2, 0.25) is 5.02 Å². The molecular formula is C14H16ClN5OS. The van der Waals surface area contributed by atoms with Crippen LogP contribution >= 0.6 is 23.4 Å². The molecule has 0 saturated carbocycles. The van der Waals surface area contributed by atoms with Gasteiger partial charge < -0.3 is 9.80 Å². The first kappa shape index (κ1) is 15.2. The van der Waals surface area contributed by atoms with Gasteiger partial charge in [-0.25, -0.2) is 4.98 Å². The molecule has 1 fully saturated rings. The van der Waals surface area contributed by atoms with Crippen molar-refractivity contribution in [1.29, 1.82) is 0 Å². The maximum atomic E-state index is 12.2. The number of hydrogen-bond donors (Lipinski definition) is 1. The number of carbonyl (C=O) groups is 1. The number of hydrogen-bond acceptors (Lipinski definition) is 5. The monoisotopic (exact) mass is 337 g/mol. The molecule has 6 nitrogen and oxygen atoms in total. The van der Waals surface area contributed by atoms with Crippen LogP contribution in [0.5, 0.6) is 0 Å². The number of anilines is 1. The Labute approximate surface area is 137 Å². The van der Waals surface area contributed by atoms with Gasteiger partial charge in [-0.15, -0.1) is 0 Å². The van der Waals surface area contributed by atoms with E-state index in [9.17, 15) is 4.79 Å². The molecule has 1 aliphatic rings. The lowest BCUT2D eigenvalue weighted by Crippen LogP contribution is -2.49. The molecule has 8 heteroatoms. The lowest BCUT2D eigenvalue weighted by molar-refractivity contribution is -0.128. The normalized spacial score (nSPS) is 15.1. The number of halogens is 1. The second-order valence-electron chi connectivity index (χ2n) is 4.90. The molecule has 0 unspecified atom stereocenters. The minimum absolute atomic E-state index is 0.125. The molecule has 0 bridgehead atoms. The summed E-state index contributed by atoms with van der Waals surface area (Å²) in [6, 6.07) is 7.81. The van der Waals surface area contributed by atoms with E-state index in [4.69, 9.17) is 11.6 Å². The predicted molar refractivity (Wildman–Crippen MR) is 87.4 cm³/mol. The van der Waals surface area contributed by atoms with Gasteiger partial charge in [0, 0.05) is 26.2 Å². The number of nitrogens with zero attached hydrogens (tertiary/aromatic N) is 4. The van der Waals surface area contributed by atoms with E-state index in [1.807, 2.05) is 29.2 Å². The molecule has 2 heterocycles. The largest absolute Gasteiger partial charge is 0.367 e. The maximum Gasteiger partial charge on any atom is 0.233 e. The number of nitrogens with one attached hydrogen (secondary N) is 1. The summed E-state index contributed by atoms with van der Waals surface area (Å²) in [5, 5.41) is 7.92. The summed E-state index contributed by atoms with van der Waals surface area (Å²) in [4.78, 5) is 20.3. The number of aromatic amines is 1. The molecule has 1 N–H and O–H groups in total. The fourth-order valence-corrected chi connectivity index (χ4v) is 3.33. The zero-order valence-electron chi connectivity index (χ0n) is 11.9. The van der Waals surface area contributed by atoms with E-state index < -0.39 is 0 Å². The zero-order chi connectivity index (χ0) is 15.4. The third-order valence-corrected chi connectivity index (χ3v) is 4.73. The Bertz CT molecular complexity index is 628. The standard InChI is InChI=1S/C14H16ClN5OS/c15-11-3-1-2-4-12(11)19-5-7-20(8-6-19)13(21)9-22-14-16-10-17-18-14/h1-4,10H,5-9H2,(H,16,17,18). The van der Waals surface area contributed by atoms with E-state index in [2.05, 4.69) is 20.1 Å². The average Bonchev–Trinajstić information content (AvgIpc) is 3.07. The molecule has 1 aliphatic heterocycles. The highest BCUT2D eigenvalue weighted by Crippen LogP contribution is 2.26. The molecule has 1 aromatic carbocycles. The first-order chi connectivity index (χ1) is 10.7. The van der Waals surface area contributed by atoms with Crippen LogP contribution in [0.1, 0.15) is 0 Å². The van der Waals surface area contributed by atoms with Crippen LogP contribution in [0, 0.1) is 0 Å². The topological polar surface area (TPSA) is 65.1 Å². The number of H-pyrrole nitrogens is 1. The lowest BCUT2D eigenvalue weighted by Gasteiger charge is -2.36. The van der Waals surface area contributed by atoms with E-state index in [0.29, 0.717) is 24.0 Å². The molecule has 1 aromatic heterocycles. The number of para-hydroxylation sites is 1. The Morgan fingerprint density at radius 1 is 1.27 bits per heavy atom. The van der Waals surface area contributed by atoms with Crippen molar-refractivity contribution in [2.24, 2.45) is 0 Å². The molecule has 116 valence electrons. The molecule has 2 aromatic rings. The zero-order valence-corrected chi connectivity index (χ0v) is 13.5. The summed E-state index contributed by atoms with van der Waals surface area (Å²) in [6.45, 7) is 3.01. The van der Waals surface area contributed by atoms with Gasteiger partial charge in [-0.05, 0) is 12.1 Å². The number of thioether (sulfide) groups is 1. The Morgan fingerprint density at radius 2 is 2.05 bits per heavy atom. The fraction of sp³-hybridized carbons (Fsp3) is 0.357. The van der Waals surface area contributed by atoms with E-state index in [1.54, 1.807) is 0 Å². The number of amides is 1. The van der Waals surface area contributed by atoms with Crippen molar-refractivity contribution < 1.29 is 4.79 Å². The van der Waals surface area contributed by atoms with Crippen LogP contribution < -0.4 is 4.90 Å². The van der Waals surface area contributed by atoms with Crippen molar-refractivity contribution in [2.45, 2.75) is 5.16 Å². The molecule has 1 amide bonds. The van der Waals surface area contributed by atoms with Crippen molar-refractivity contribution in [3.8, 4) is 0 Å². The third kappa shape index (κ3) is 3.53. The smallest absolute Gasteiger partial charge is 0.233 e. The number of rotatable bonds is 4. The van der Waals surface area contributed by atoms with Crippen molar-refractivity contribution in [3.05, 3.63) is 35.6 Å². The van der Waals surface area contributed by atoms with Gasteiger partial charge in [0.25, 0.3) is 0 Å². The van der Waals surface area contributed by atoms with Crippen LogP contribution in [-0.2, 0) is 4.79 Å². The highest BCUT2D eigenvalue weighted by atomic mass is 35.5. The van der Waals surface area contributed by atoms with Gasteiger partial charge in [0.2, 0.25) is 5.91 Å². The molecule has 0 radical (unpaired) electrons. The lowest BCUT2D eigenvalue weighted by atomic mass is 10.2. The Morgan fingerprint density at radius 3 is 2.73 bits per heavy atom. The maximum absolute atomic E-state index is 12.2. The minimum atomic E-state index is 0.125. The van der Waals surface area contributed by atoms with Crippen molar-refractivity contribution >= 4 is 35.0 Å². The van der Waals surface area contributed by atoms with Gasteiger partial charge in [0.15, 0.2) is 5.16 Å². The summed E-state index contributed by atoms with van der Waals surface area (Å²) < 4.78 is 0. The summed E-state index contributed by atoms with van der Waals surface area (Å²) in [7, 11) is 0. The van der Waals surface area contributed by atoms with Gasteiger partial charge >= 0.3 is 0 Å². The van der Waals surface area contributed by atoms with Crippen molar-refractivity contribution in [1.82, 2.24) is 20.1 Å². The molecule has 22 heavy (non-hydrogen) atoms.